The highest BCUT2D eigenvalue weighted by molar-refractivity contribution is 5.84. The van der Waals surface area contributed by atoms with Crippen molar-refractivity contribution in [3.05, 3.63) is 69.7 Å². The van der Waals surface area contributed by atoms with Gasteiger partial charge in [-0.2, -0.15) is 0 Å². The molecule has 3 aliphatic heterocycles. The summed E-state index contributed by atoms with van der Waals surface area (Å²) in [6, 6.07) is 13.6. The molecule has 0 unspecified atom stereocenters. The number of benzene rings is 2. The third-order valence-electron chi connectivity index (χ3n) is 9.36. The molecule has 0 N–H and O–H groups in total. The standard InChI is InChI=1S/C32H38N2O5/c35-22-24-10-11-27-28(20-24)39-31(37)34(27)16-5-2-7-23-8-6-9-26(19-23)32(14-3-1-4-15-32)30(36)38-29-21-33-17-12-25(29)13-18-33/h6,8-11,19-20,22,25,29H,1-5,7,12-18,21H2/t29-/m0/s1. The van der Waals surface area contributed by atoms with Crippen LogP contribution in [0.5, 0.6) is 0 Å². The van der Waals surface area contributed by atoms with E-state index in [1.54, 1.807) is 22.8 Å². The fourth-order valence-corrected chi connectivity index (χ4v) is 7.05. The second-order valence-electron chi connectivity index (χ2n) is 11.7. The van der Waals surface area contributed by atoms with Gasteiger partial charge in [-0.1, -0.05) is 43.5 Å². The molecule has 7 heteroatoms. The average molecular weight is 531 g/mol. The number of fused-ring (bicyclic) bond motifs is 4. The molecule has 3 aromatic rings. The lowest BCUT2D eigenvalue weighted by Crippen LogP contribution is -2.53. The highest BCUT2D eigenvalue weighted by atomic mass is 16.5. The van der Waals surface area contributed by atoms with Gasteiger partial charge in [-0.05, 0) is 93.3 Å². The van der Waals surface area contributed by atoms with E-state index in [0.29, 0.717) is 29.1 Å². The van der Waals surface area contributed by atoms with Gasteiger partial charge in [-0.25, -0.2) is 4.79 Å². The van der Waals surface area contributed by atoms with Crippen molar-refractivity contribution in [1.29, 1.82) is 0 Å². The maximum Gasteiger partial charge on any atom is 0.419 e. The number of aryl methyl sites for hydroxylation is 2. The number of carbonyl (C=O) groups is 2. The first-order valence-corrected chi connectivity index (χ1v) is 14.7. The second kappa shape index (κ2) is 11.1. The molecule has 7 rings (SSSR count). The van der Waals surface area contributed by atoms with Crippen LogP contribution in [0.3, 0.4) is 0 Å². The lowest BCUT2D eigenvalue weighted by atomic mass is 9.69. The minimum absolute atomic E-state index is 0.0120. The first kappa shape index (κ1) is 26.1. The number of unbranched alkanes of at least 4 members (excludes halogenated alkanes) is 1. The minimum Gasteiger partial charge on any atom is -0.460 e. The summed E-state index contributed by atoms with van der Waals surface area (Å²) in [6.45, 7) is 3.72. The van der Waals surface area contributed by atoms with Gasteiger partial charge in [0.1, 0.15) is 12.4 Å². The zero-order valence-corrected chi connectivity index (χ0v) is 22.6. The fraction of sp³-hybridized carbons (Fsp3) is 0.531. The van der Waals surface area contributed by atoms with Gasteiger partial charge in [-0.3, -0.25) is 19.1 Å². The van der Waals surface area contributed by atoms with Gasteiger partial charge in [0.15, 0.2) is 5.58 Å². The Labute approximate surface area is 229 Å². The van der Waals surface area contributed by atoms with E-state index in [2.05, 4.69) is 29.2 Å². The zero-order chi connectivity index (χ0) is 26.8. The fourth-order valence-electron chi connectivity index (χ4n) is 7.05. The summed E-state index contributed by atoms with van der Waals surface area (Å²) in [5.74, 6) is 0.107. The Morgan fingerprint density at radius 1 is 1.05 bits per heavy atom. The molecule has 0 amide bonds. The van der Waals surface area contributed by atoms with Crippen LogP contribution in [0.1, 0.15) is 79.3 Å². The van der Waals surface area contributed by atoms with Crippen molar-refractivity contribution < 1.29 is 18.7 Å². The molecule has 1 atom stereocenters. The molecule has 0 spiro atoms. The molecule has 7 nitrogen and oxygen atoms in total. The Balaban J connectivity index is 1.12. The predicted octanol–water partition coefficient (Wildman–Crippen LogP) is 5.27. The Morgan fingerprint density at radius 2 is 1.87 bits per heavy atom. The number of ether oxygens (including phenoxy) is 1. The molecule has 4 fully saturated rings. The molecule has 4 aliphatic rings. The molecule has 4 heterocycles. The summed E-state index contributed by atoms with van der Waals surface area (Å²) in [7, 11) is 0. The first-order valence-electron chi connectivity index (χ1n) is 14.7. The largest absolute Gasteiger partial charge is 0.460 e. The Bertz CT molecular complexity index is 1390. The van der Waals surface area contributed by atoms with Crippen LogP contribution in [0.15, 0.2) is 51.7 Å². The van der Waals surface area contributed by atoms with E-state index in [1.807, 2.05) is 0 Å². The van der Waals surface area contributed by atoms with Crippen molar-refractivity contribution in [2.75, 3.05) is 19.6 Å². The van der Waals surface area contributed by atoms with Crippen LogP contribution in [0, 0.1) is 5.92 Å². The molecule has 39 heavy (non-hydrogen) atoms. The number of hydrogen-bond donors (Lipinski definition) is 0. The maximum absolute atomic E-state index is 13.8. The SMILES string of the molecule is O=Cc1ccc2c(c1)oc(=O)n2CCCCc1cccc(C2(C(=O)O[C@H]3CN4CCC3CC4)CCCCC2)c1. The molecule has 1 aromatic heterocycles. The van der Waals surface area contributed by atoms with Gasteiger partial charge in [0, 0.05) is 18.7 Å². The van der Waals surface area contributed by atoms with E-state index in [1.165, 1.54) is 12.0 Å². The normalized spacial score (nSPS) is 24.1. The molecule has 2 aromatic carbocycles. The molecular formula is C32H38N2O5. The summed E-state index contributed by atoms with van der Waals surface area (Å²) in [6.07, 6.45) is 10.7. The Kier molecular flexibility index (Phi) is 7.43. The zero-order valence-electron chi connectivity index (χ0n) is 22.6. The summed E-state index contributed by atoms with van der Waals surface area (Å²) >= 11 is 0. The van der Waals surface area contributed by atoms with E-state index >= 15 is 0 Å². The summed E-state index contributed by atoms with van der Waals surface area (Å²) in [5.41, 5.74) is 3.44. The number of hydrogen-bond acceptors (Lipinski definition) is 6. The van der Waals surface area contributed by atoms with E-state index in [4.69, 9.17) is 9.15 Å². The molecular weight excluding hydrogens is 492 g/mol. The van der Waals surface area contributed by atoms with E-state index < -0.39 is 11.2 Å². The van der Waals surface area contributed by atoms with Crippen molar-refractivity contribution in [1.82, 2.24) is 9.47 Å². The van der Waals surface area contributed by atoms with Crippen molar-refractivity contribution in [2.45, 2.75) is 82.3 Å². The summed E-state index contributed by atoms with van der Waals surface area (Å²) in [4.78, 5) is 39.7. The topological polar surface area (TPSA) is 81.8 Å². The van der Waals surface area contributed by atoms with Crippen molar-refractivity contribution >= 4 is 23.4 Å². The van der Waals surface area contributed by atoms with Crippen molar-refractivity contribution in [3.63, 3.8) is 0 Å². The van der Waals surface area contributed by atoms with Crippen LogP contribution in [0.2, 0.25) is 0 Å². The third-order valence-corrected chi connectivity index (χ3v) is 9.36. The highest BCUT2D eigenvalue weighted by Gasteiger charge is 2.45. The molecule has 206 valence electrons. The van der Waals surface area contributed by atoms with Gasteiger partial charge in [0.25, 0.3) is 0 Å². The van der Waals surface area contributed by atoms with Gasteiger partial charge < -0.3 is 9.15 Å². The number of aromatic nitrogens is 1. The molecule has 0 radical (unpaired) electrons. The number of esters is 1. The first-order chi connectivity index (χ1) is 19.1. The lowest BCUT2D eigenvalue weighted by molar-refractivity contribution is -0.167. The number of oxazole rings is 1. The minimum atomic E-state index is -0.538. The summed E-state index contributed by atoms with van der Waals surface area (Å²) in [5, 5.41) is 0. The second-order valence-corrected chi connectivity index (χ2v) is 11.7. The Morgan fingerprint density at radius 3 is 2.62 bits per heavy atom. The van der Waals surface area contributed by atoms with Crippen LogP contribution >= 0.6 is 0 Å². The third kappa shape index (κ3) is 5.21. The molecule has 2 bridgehead atoms. The van der Waals surface area contributed by atoms with Gasteiger partial charge in [0.2, 0.25) is 0 Å². The number of carbonyl (C=O) groups excluding carboxylic acids is 2. The van der Waals surface area contributed by atoms with Crippen molar-refractivity contribution in [2.24, 2.45) is 5.92 Å². The van der Waals surface area contributed by atoms with Gasteiger partial charge >= 0.3 is 11.7 Å². The van der Waals surface area contributed by atoms with Crippen LogP contribution in [0.4, 0.5) is 0 Å². The van der Waals surface area contributed by atoms with Crippen LogP contribution in [-0.2, 0) is 27.9 Å². The monoisotopic (exact) mass is 530 g/mol. The number of rotatable bonds is 9. The summed E-state index contributed by atoms with van der Waals surface area (Å²) < 4.78 is 13.3. The van der Waals surface area contributed by atoms with Crippen LogP contribution in [0.25, 0.3) is 11.1 Å². The van der Waals surface area contributed by atoms with Gasteiger partial charge in [0.05, 0.1) is 10.9 Å². The van der Waals surface area contributed by atoms with E-state index in [-0.39, 0.29) is 12.1 Å². The smallest absolute Gasteiger partial charge is 0.419 e. The predicted molar refractivity (Wildman–Crippen MR) is 149 cm³/mol. The van der Waals surface area contributed by atoms with Gasteiger partial charge in [-0.15, -0.1) is 0 Å². The molecule has 1 saturated carbocycles. The van der Waals surface area contributed by atoms with E-state index in [0.717, 1.165) is 89.3 Å². The van der Waals surface area contributed by atoms with Crippen molar-refractivity contribution in [3.8, 4) is 0 Å². The molecule has 3 saturated heterocycles. The number of piperidine rings is 3. The lowest BCUT2D eigenvalue weighted by Gasteiger charge is -2.45. The quantitative estimate of drug-likeness (QED) is 0.213. The van der Waals surface area contributed by atoms with Crippen LogP contribution in [-0.4, -0.2) is 47.5 Å². The molecule has 1 aliphatic carbocycles. The number of aldehydes is 1. The van der Waals surface area contributed by atoms with Crippen LogP contribution < -0.4 is 5.76 Å². The Hall–Kier alpha value is -3.19. The highest BCUT2D eigenvalue weighted by Crippen LogP contribution is 2.42. The van der Waals surface area contributed by atoms with E-state index in [9.17, 15) is 14.4 Å². The number of nitrogens with zero attached hydrogens (tertiary/aromatic N) is 2. The maximum atomic E-state index is 13.8. The average Bonchev–Trinajstić information content (AvgIpc) is 3.30.